The molecule has 242 valence electrons. The minimum atomic E-state index is 0.177. The molecule has 0 aliphatic heterocycles. The van der Waals surface area contributed by atoms with E-state index in [0.29, 0.717) is 5.41 Å². The first-order valence-corrected chi connectivity index (χ1v) is 18.4. The van der Waals surface area contributed by atoms with Crippen molar-refractivity contribution < 1.29 is 24.2 Å². The maximum atomic E-state index is 3.53. The van der Waals surface area contributed by atoms with Gasteiger partial charge in [-0.1, -0.05) is 97.1 Å². The molecule has 0 aromatic heterocycles. The Morgan fingerprint density at radius 1 is 0.702 bits per heavy atom. The summed E-state index contributed by atoms with van der Waals surface area (Å²) in [5.41, 5.74) is 15.8. The van der Waals surface area contributed by atoms with Gasteiger partial charge >= 0.3 is 112 Å². The Bertz CT molecular complexity index is 1640. The van der Waals surface area contributed by atoms with Gasteiger partial charge in [0.05, 0.1) is 0 Å². The van der Waals surface area contributed by atoms with E-state index in [0.717, 1.165) is 12.8 Å². The van der Waals surface area contributed by atoms with Crippen LogP contribution >= 0.6 is 0 Å². The summed E-state index contributed by atoms with van der Waals surface area (Å²) in [5.74, 6) is 0. The Morgan fingerprint density at radius 3 is 1.70 bits per heavy atom. The summed E-state index contributed by atoms with van der Waals surface area (Å²) >= 11 is 1.46. The molecule has 4 aromatic rings. The van der Waals surface area contributed by atoms with Gasteiger partial charge in [0.15, 0.2) is 0 Å². The van der Waals surface area contributed by atoms with E-state index in [1.54, 1.807) is 0 Å². The van der Waals surface area contributed by atoms with Crippen LogP contribution in [-0.4, -0.2) is 3.21 Å². The zero-order chi connectivity index (χ0) is 34.6. The van der Waals surface area contributed by atoms with E-state index in [1.165, 1.54) is 95.1 Å². The van der Waals surface area contributed by atoms with E-state index in [2.05, 4.69) is 179 Å². The monoisotopic (exact) mass is 696 g/mol. The van der Waals surface area contributed by atoms with Crippen molar-refractivity contribution in [3.63, 3.8) is 0 Å². The number of hydrogen-bond donors (Lipinski definition) is 0. The van der Waals surface area contributed by atoms with Crippen molar-refractivity contribution in [1.82, 2.24) is 0 Å². The molecule has 0 amide bonds. The summed E-state index contributed by atoms with van der Waals surface area (Å²) in [6.45, 7) is 24.7. The predicted molar refractivity (Wildman–Crippen MR) is 201 cm³/mol. The average molecular weight is 698 g/mol. The zero-order valence-corrected chi connectivity index (χ0v) is 33.2. The first kappa shape index (κ1) is 36.9. The van der Waals surface area contributed by atoms with Crippen LogP contribution in [0.25, 0.3) is 11.1 Å². The molecule has 0 saturated carbocycles. The van der Waals surface area contributed by atoms with Crippen LogP contribution in [0.3, 0.4) is 0 Å². The van der Waals surface area contributed by atoms with Crippen molar-refractivity contribution in [2.75, 3.05) is 0 Å². The first-order valence-electron chi connectivity index (χ1n) is 17.2. The van der Waals surface area contributed by atoms with Crippen LogP contribution in [-0.2, 0) is 41.5 Å². The molecule has 0 unspecified atom stereocenters. The Morgan fingerprint density at radius 2 is 1.23 bits per heavy atom. The number of fused-ring (bicyclic) bond motifs is 3. The van der Waals surface area contributed by atoms with Crippen molar-refractivity contribution in [3.05, 3.63) is 153 Å². The van der Waals surface area contributed by atoms with Gasteiger partial charge in [0.2, 0.25) is 0 Å². The van der Waals surface area contributed by atoms with Crippen LogP contribution in [0, 0.1) is 31.4 Å². The Labute approximate surface area is 301 Å². The molecule has 47 heavy (non-hydrogen) atoms. The van der Waals surface area contributed by atoms with E-state index in [9.17, 15) is 0 Å². The van der Waals surface area contributed by atoms with Gasteiger partial charge in [0, 0.05) is 0 Å². The molecular formula is C46H54Zr. The zero-order valence-electron chi connectivity index (χ0n) is 30.8. The Balaban J connectivity index is 0.000000170. The molecule has 0 radical (unpaired) electrons. The standard InChI is InChI=1S/C21H25.C15H14.C10H15.Zr/c1-20(2,3)16-9-7-14-11-15-8-10-17(21(4,5)6)13-19(15)18(14)12-16;1-12-3-7-14(8-4-12)11-15-9-5-13(2)6-10-15;1-4-10(2,3)9-7-5-6-8-9;/h7,9-10,12-13H,11H2,1-6H3;3-10H,1-2H3;5,7H,4,6H2,1-3H3;/q-1;;-1;+2. The number of aryl methyl sites for hydroxylation is 2. The number of hydrogen-bond acceptors (Lipinski definition) is 0. The summed E-state index contributed by atoms with van der Waals surface area (Å²) in [6.07, 6.45) is 11.0. The van der Waals surface area contributed by atoms with E-state index < -0.39 is 0 Å². The van der Waals surface area contributed by atoms with E-state index in [-0.39, 0.29) is 10.8 Å². The normalized spacial score (nSPS) is 13.5. The summed E-state index contributed by atoms with van der Waals surface area (Å²) in [4.78, 5) is 0. The fourth-order valence-corrected chi connectivity index (χ4v) is 6.47. The number of allylic oxidation sites excluding steroid dienone is 4. The predicted octanol–water partition coefficient (Wildman–Crippen LogP) is 12.2. The minimum absolute atomic E-state index is 0.177. The van der Waals surface area contributed by atoms with Gasteiger partial charge in [-0.25, -0.2) is 11.6 Å². The van der Waals surface area contributed by atoms with Crippen molar-refractivity contribution in [2.24, 2.45) is 5.41 Å². The average Bonchev–Trinajstić information content (AvgIpc) is 3.70. The quantitative estimate of drug-likeness (QED) is 0.164. The van der Waals surface area contributed by atoms with Gasteiger partial charge in [0.25, 0.3) is 0 Å². The van der Waals surface area contributed by atoms with Gasteiger partial charge in [-0.05, 0) is 29.2 Å². The molecule has 0 spiro atoms. The third kappa shape index (κ3) is 9.60. The third-order valence-corrected chi connectivity index (χ3v) is 10.9. The second-order valence-corrected chi connectivity index (χ2v) is 17.1. The second-order valence-electron chi connectivity index (χ2n) is 15.9. The molecule has 0 heterocycles. The molecule has 0 fully saturated rings. The summed E-state index contributed by atoms with van der Waals surface area (Å²) < 4.78 is 1.42. The SMILES string of the molecule is CC(C)(C)c1c[c-]c2c(c1)-c1cc(C(C)(C)C)ccc1C2.CCC(C)(C)C1=[C-]CC=C1.Cc1ccc([C](=[Zr+2])c2ccc(C)cc2)cc1. The van der Waals surface area contributed by atoms with E-state index in [1.807, 2.05) is 0 Å². The molecular weight excluding hydrogens is 644 g/mol. The van der Waals surface area contributed by atoms with Crippen molar-refractivity contribution in [3.8, 4) is 11.1 Å². The Hall–Kier alpha value is -2.89. The maximum absolute atomic E-state index is 3.53. The molecule has 0 nitrogen and oxygen atoms in total. The second kappa shape index (κ2) is 15.1. The van der Waals surface area contributed by atoms with Crippen LogP contribution in [0.2, 0.25) is 0 Å². The molecule has 2 aliphatic carbocycles. The van der Waals surface area contributed by atoms with Gasteiger partial charge in [-0.15, -0.1) is 12.0 Å². The van der Waals surface area contributed by atoms with E-state index >= 15 is 0 Å². The van der Waals surface area contributed by atoms with Gasteiger partial charge < -0.3 is 0 Å². The molecule has 6 rings (SSSR count). The van der Waals surface area contributed by atoms with Crippen molar-refractivity contribution in [2.45, 2.75) is 106 Å². The fraction of sp³-hybridized carbons (Fsp3) is 0.370. The molecule has 0 saturated heterocycles. The molecule has 4 aromatic carbocycles. The Kier molecular flexibility index (Phi) is 11.9. The van der Waals surface area contributed by atoms with Crippen molar-refractivity contribution >= 4 is 3.21 Å². The van der Waals surface area contributed by atoms with E-state index in [4.69, 9.17) is 0 Å². The van der Waals surface area contributed by atoms with Gasteiger partial charge in [0.1, 0.15) is 0 Å². The molecule has 2 aliphatic rings. The summed E-state index contributed by atoms with van der Waals surface area (Å²) in [5, 5.41) is 0. The van der Waals surface area contributed by atoms with Gasteiger partial charge in [-0.3, -0.25) is 6.08 Å². The topological polar surface area (TPSA) is 0 Å². The molecule has 0 bridgehead atoms. The van der Waals surface area contributed by atoms with Crippen molar-refractivity contribution in [1.29, 1.82) is 0 Å². The van der Waals surface area contributed by atoms with Gasteiger partial charge in [-0.2, -0.15) is 35.4 Å². The molecule has 0 N–H and O–H groups in total. The number of rotatable bonds is 4. The first-order chi connectivity index (χ1) is 22.0. The number of benzene rings is 4. The third-order valence-electron chi connectivity index (χ3n) is 9.51. The van der Waals surface area contributed by atoms with Crippen LogP contribution in [0.5, 0.6) is 0 Å². The summed E-state index contributed by atoms with van der Waals surface area (Å²) in [6, 6.07) is 32.6. The fourth-order valence-electron chi connectivity index (χ4n) is 5.65. The van der Waals surface area contributed by atoms with Crippen LogP contribution in [0.4, 0.5) is 0 Å². The van der Waals surface area contributed by atoms with Crippen LogP contribution in [0.15, 0.2) is 96.6 Å². The summed E-state index contributed by atoms with van der Waals surface area (Å²) in [7, 11) is 0. The van der Waals surface area contributed by atoms with Crippen LogP contribution in [0.1, 0.15) is 120 Å². The van der Waals surface area contributed by atoms with Crippen LogP contribution < -0.4 is 0 Å². The molecule has 0 atom stereocenters. The molecule has 1 heteroatoms.